The highest BCUT2D eigenvalue weighted by Gasteiger charge is 2.21. The minimum Gasteiger partial charge on any atom is -0.478 e. The first-order valence-corrected chi connectivity index (χ1v) is 10.0. The number of carbonyl (C=O) groups is 1. The van der Waals surface area contributed by atoms with E-state index >= 15 is 0 Å². The first-order chi connectivity index (χ1) is 13.7. The van der Waals surface area contributed by atoms with E-state index < -0.39 is 5.97 Å². The predicted octanol–water partition coefficient (Wildman–Crippen LogP) is 4.64. The largest absolute Gasteiger partial charge is 0.478 e. The van der Waals surface area contributed by atoms with Gasteiger partial charge >= 0.3 is 5.97 Å². The number of rotatable bonds is 3. The Bertz CT molecular complexity index is 1210. The fraction of sp³-hybridized carbons (Fsp3) is 0. The van der Waals surface area contributed by atoms with Crippen LogP contribution in [0, 0.1) is 0 Å². The number of nitrogens with zero attached hydrogens (tertiary/aromatic N) is 4. The second-order valence-electron chi connectivity index (χ2n) is 6.11. The zero-order chi connectivity index (χ0) is 19.1. The summed E-state index contributed by atoms with van der Waals surface area (Å²) in [7, 11) is 0. The van der Waals surface area contributed by atoms with E-state index in [1.165, 1.54) is 20.8 Å². The third-order valence-electron chi connectivity index (χ3n) is 4.35. The zero-order valence-electron chi connectivity index (χ0n) is 14.3. The van der Waals surface area contributed by atoms with Crippen molar-refractivity contribution in [3.05, 3.63) is 72.6 Å². The maximum atomic E-state index is 11.7. The molecule has 28 heavy (non-hydrogen) atoms. The fourth-order valence-electron chi connectivity index (χ4n) is 3.08. The summed E-state index contributed by atoms with van der Waals surface area (Å²) in [6, 6.07) is 19.6. The molecule has 8 heteroatoms. The minimum absolute atomic E-state index is 0.189. The summed E-state index contributed by atoms with van der Waals surface area (Å²) in [5.41, 5.74) is 2.59. The summed E-state index contributed by atoms with van der Waals surface area (Å²) in [4.78, 5) is 16.4. The van der Waals surface area contributed by atoms with E-state index in [0.717, 1.165) is 20.9 Å². The van der Waals surface area contributed by atoms with Crippen LogP contribution >= 0.6 is 23.5 Å². The molecule has 1 aromatic heterocycles. The average Bonchev–Trinajstić information content (AvgIpc) is 3.26. The molecule has 1 N–H and O–H groups in total. The van der Waals surface area contributed by atoms with Crippen LogP contribution in [-0.2, 0) is 0 Å². The van der Waals surface area contributed by atoms with Crippen LogP contribution in [0.4, 0.5) is 0 Å². The molecule has 4 aromatic rings. The van der Waals surface area contributed by atoms with Gasteiger partial charge in [-0.1, -0.05) is 47.8 Å². The van der Waals surface area contributed by atoms with Crippen molar-refractivity contribution in [3.63, 3.8) is 0 Å². The monoisotopic (exact) mass is 404 g/mol. The lowest BCUT2D eigenvalue weighted by molar-refractivity contribution is 0.0697. The molecule has 3 aromatic carbocycles. The molecule has 0 radical (unpaired) electrons. The third-order valence-corrected chi connectivity index (χ3v) is 6.96. The Morgan fingerprint density at radius 2 is 1.71 bits per heavy atom. The topological polar surface area (TPSA) is 80.9 Å². The summed E-state index contributed by atoms with van der Waals surface area (Å²) >= 11 is 3.44. The van der Waals surface area contributed by atoms with Gasteiger partial charge in [0.25, 0.3) is 0 Å². The van der Waals surface area contributed by atoms with Crippen LogP contribution in [0.1, 0.15) is 10.4 Å². The first-order valence-electron chi connectivity index (χ1n) is 8.39. The molecule has 0 bridgehead atoms. The molecule has 0 fully saturated rings. The molecule has 0 aliphatic carbocycles. The molecule has 136 valence electrons. The van der Waals surface area contributed by atoms with Crippen LogP contribution in [0.2, 0.25) is 0 Å². The Morgan fingerprint density at radius 1 is 0.929 bits per heavy atom. The highest BCUT2D eigenvalue weighted by Crippen LogP contribution is 2.51. The summed E-state index contributed by atoms with van der Waals surface area (Å²) in [5.74, 6) is -0.992. The van der Waals surface area contributed by atoms with Gasteiger partial charge in [-0.2, -0.15) is 0 Å². The van der Waals surface area contributed by atoms with Crippen molar-refractivity contribution in [1.82, 2.24) is 20.2 Å². The second-order valence-corrected chi connectivity index (χ2v) is 8.25. The molecule has 0 atom stereocenters. The van der Waals surface area contributed by atoms with Crippen LogP contribution in [0.25, 0.3) is 16.8 Å². The van der Waals surface area contributed by atoms with Crippen molar-refractivity contribution in [3.8, 4) is 16.8 Å². The molecule has 1 aliphatic rings. The number of hydrogen-bond donors (Lipinski definition) is 1. The molecular weight excluding hydrogens is 392 g/mol. The predicted molar refractivity (Wildman–Crippen MR) is 106 cm³/mol. The Kier molecular flexibility index (Phi) is 4.14. The lowest BCUT2D eigenvalue weighted by Gasteiger charge is -2.21. The molecule has 5 rings (SSSR count). The zero-order valence-corrected chi connectivity index (χ0v) is 15.9. The minimum atomic E-state index is -0.992. The second kappa shape index (κ2) is 6.81. The molecule has 1 aliphatic heterocycles. The Morgan fingerprint density at radius 3 is 2.46 bits per heavy atom. The highest BCUT2D eigenvalue weighted by molar-refractivity contribution is 8.05. The third kappa shape index (κ3) is 2.96. The van der Waals surface area contributed by atoms with Gasteiger partial charge in [0, 0.05) is 19.6 Å². The first kappa shape index (κ1) is 17.0. The van der Waals surface area contributed by atoms with Crippen molar-refractivity contribution in [2.75, 3.05) is 0 Å². The van der Waals surface area contributed by atoms with Gasteiger partial charge in [-0.3, -0.25) is 0 Å². The van der Waals surface area contributed by atoms with Crippen molar-refractivity contribution >= 4 is 29.5 Å². The number of benzene rings is 3. The molecule has 2 heterocycles. The maximum absolute atomic E-state index is 11.7. The molecule has 6 nitrogen and oxygen atoms in total. The van der Waals surface area contributed by atoms with E-state index in [9.17, 15) is 9.90 Å². The number of tetrazole rings is 1. The summed E-state index contributed by atoms with van der Waals surface area (Å²) in [6.07, 6.45) is 1.45. The Labute approximate surface area is 168 Å². The van der Waals surface area contributed by atoms with Crippen LogP contribution in [0.15, 0.2) is 86.6 Å². The van der Waals surface area contributed by atoms with E-state index in [1.807, 2.05) is 30.3 Å². The van der Waals surface area contributed by atoms with Gasteiger partial charge in [0.15, 0.2) is 0 Å². The smallest absolute Gasteiger partial charge is 0.335 e. The fourth-order valence-corrected chi connectivity index (χ4v) is 5.48. The van der Waals surface area contributed by atoms with Gasteiger partial charge in [-0.05, 0) is 58.0 Å². The average molecular weight is 404 g/mol. The van der Waals surface area contributed by atoms with Crippen LogP contribution in [0.5, 0.6) is 0 Å². The molecule has 0 amide bonds. The number of carboxylic acids is 1. The summed E-state index contributed by atoms with van der Waals surface area (Å²) in [6.45, 7) is 0. The van der Waals surface area contributed by atoms with Gasteiger partial charge in [0.05, 0.1) is 11.3 Å². The summed E-state index contributed by atoms with van der Waals surface area (Å²) in [5, 5.41) is 20.8. The molecule has 0 saturated heterocycles. The molecule has 0 unspecified atom stereocenters. The van der Waals surface area contributed by atoms with Gasteiger partial charge in [0.2, 0.25) is 0 Å². The number of aromatic nitrogens is 4. The number of hydrogen-bond acceptors (Lipinski definition) is 6. The lowest BCUT2D eigenvalue weighted by atomic mass is 10.0. The number of fused-ring (bicyclic) bond motifs is 2. The van der Waals surface area contributed by atoms with Crippen molar-refractivity contribution in [2.24, 2.45) is 0 Å². The Hall–Kier alpha value is -3.10. The van der Waals surface area contributed by atoms with Gasteiger partial charge in [-0.15, -0.1) is 5.10 Å². The standard InChI is InChI=1S/C20H12N4O2S2/c25-20(26)13-8-12(9-14(10-13)24-11-21-22-23-24)15-4-3-7-18-19(15)28-17-6-2-1-5-16(17)27-18/h1-11H,(H,25,26). The lowest BCUT2D eigenvalue weighted by Crippen LogP contribution is -2.02. The van der Waals surface area contributed by atoms with Crippen molar-refractivity contribution in [2.45, 2.75) is 19.6 Å². The van der Waals surface area contributed by atoms with Gasteiger partial charge in [0.1, 0.15) is 6.33 Å². The SMILES string of the molecule is O=C(O)c1cc(-c2cccc3c2Sc2ccccc2S3)cc(-n2cnnn2)c1. The Balaban J connectivity index is 1.68. The van der Waals surface area contributed by atoms with E-state index in [0.29, 0.717) is 5.69 Å². The number of carboxylic acid groups (broad SMARTS) is 1. The van der Waals surface area contributed by atoms with Crippen LogP contribution in [-0.4, -0.2) is 31.3 Å². The quantitative estimate of drug-likeness (QED) is 0.469. The van der Waals surface area contributed by atoms with E-state index in [4.69, 9.17) is 0 Å². The van der Waals surface area contributed by atoms with Gasteiger partial charge < -0.3 is 5.11 Å². The highest BCUT2D eigenvalue weighted by atomic mass is 32.2. The molecular formula is C20H12N4O2S2. The van der Waals surface area contributed by atoms with Crippen LogP contribution in [0.3, 0.4) is 0 Å². The molecule has 0 saturated carbocycles. The van der Waals surface area contributed by atoms with Gasteiger partial charge in [-0.25, -0.2) is 9.48 Å². The molecule has 0 spiro atoms. The van der Waals surface area contributed by atoms with E-state index in [2.05, 4.69) is 33.7 Å². The van der Waals surface area contributed by atoms with Crippen LogP contribution < -0.4 is 0 Å². The van der Waals surface area contributed by atoms with Crippen molar-refractivity contribution < 1.29 is 9.90 Å². The summed E-state index contributed by atoms with van der Waals surface area (Å²) < 4.78 is 1.46. The maximum Gasteiger partial charge on any atom is 0.335 e. The van der Waals surface area contributed by atoms with E-state index in [-0.39, 0.29) is 5.56 Å². The normalized spacial score (nSPS) is 12.3. The number of aromatic carboxylic acids is 1. The van der Waals surface area contributed by atoms with Crippen molar-refractivity contribution in [1.29, 1.82) is 0 Å². The van der Waals surface area contributed by atoms with E-state index in [1.54, 1.807) is 35.7 Å².